The number of carbonyl (C=O) groups excluding carboxylic acids is 1. The first kappa shape index (κ1) is 23.3. The third kappa shape index (κ3) is 7.39. The minimum absolute atomic E-state index is 0. The van der Waals surface area contributed by atoms with E-state index in [1.54, 1.807) is 4.90 Å². The molecule has 0 aliphatic carbocycles. The second-order valence-electron chi connectivity index (χ2n) is 7.51. The highest BCUT2D eigenvalue weighted by molar-refractivity contribution is 14.0. The van der Waals surface area contributed by atoms with Crippen LogP contribution in [0, 0.1) is 0 Å². The lowest BCUT2D eigenvalue weighted by atomic mass is 10.2. The van der Waals surface area contributed by atoms with Crippen molar-refractivity contribution in [1.82, 2.24) is 14.8 Å². The van der Waals surface area contributed by atoms with Gasteiger partial charge in [0, 0.05) is 40.3 Å². The number of nitrogens with two attached hydrogens (primary N) is 1. The number of aliphatic imine (C=N–C) groups is 1. The molecular formula is C18H31IN6O2. The number of amides is 1. The van der Waals surface area contributed by atoms with Crippen LogP contribution in [0.5, 0.6) is 0 Å². The molecule has 0 atom stereocenters. The van der Waals surface area contributed by atoms with Crippen LogP contribution < -0.4 is 10.6 Å². The number of nitrogens with zero attached hydrogens (tertiary/aromatic N) is 5. The van der Waals surface area contributed by atoms with Crippen molar-refractivity contribution in [3.8, 4) is 0 Å². The number of hydrogen-bond donors (Lipinski definition) is 1. The molecule has 8 nitrogen and oxygen atoms in total. The summed E-state index contributed by atoms with van der Waals surface area (Å²) in [6.45, 7) is 8.44. The molecular weight excluding hydrogens is 459 g/mol. The highest BCUT2D eigenvalue weighted by atomic mass is 127. The van der Waals surface area contributed by atoms with Crippen LogP contribution in [-0.4, -0.2) is 72.7 Å². The fourth-order valence-electron chi connectivity index (χ4n) is 2.51. The summed E-state index contributed by atoms with van der Waals surface area (Å²) >= 11 is 0. The zero-order valence-corrected chi connectivity index (χ0v) is 19.1. The molecule has 27 heavy (non-hydrogen) atoms. The maximum absolute atomic E-state index is 12.1. The Labute approximate surface area is 178 Å². The molecule has 0 spiro atoms. The lowest BCUT2D eigenvalue weighted by Crippen LogP contribution is -2.53. The van der Waals surface area contributed by atoms with Gasteiger partial charge in [-0.2, -0.15) is 0 Å². The first-order chi connectivity index (χ1) is 12.2. The zero-order valence-electron chi connectivity index (χ0n) is 16.8. The van der Waals surface area contributed by atoms with Gasteiger partial charge in [-0.05, 0) is 32.9 Å². The fourth-order valence-corrected chi connectivity index (χ4v) is 2.51. The summed E-state index contributed by atoms with van der Waals surface area (Å²) in [5.74, 6) is 1.37. The summed E-state index contributed by atoms with van der Waals surface area (Å²) in [4.78, 5) is 26.7. The summed E-state index contributed by atoms with van der Waals surface area (Å²) < 4.78 is 5.40. The molecule has 0 saturated carbocycles. The van der Waals surface area contributed by atoms with E-state index in [0.717, 1.165) is 11.5 Å². The van der Waals surface area contributed by atoms with Crippen LogP contribution in [0.4, 0.5) is 10.6 Å². The molecule has 1 aromatic heterocycles. The monoisotopic (exact) mass is 490 g/mol. The third-order valence-corrected chi connectivity index (χ3v) is 3.91. The lowest BCUT2D eigenvalue weighted by Gasteiger charge is -2.36. The van der Waals surface area contributed by atoms with Gasteiger partial charge < -0.3 is 25.2 Å². The first-order valence-electron chi connectivity index (χ1n) is 8.82. The molecule has 2 heterocycles. The Hall–Kier alpha value is -1.78. The van der Waals surface area contributed by atoms with Gasteiger partial charge in [-0.3, -0.25) is 0 Å². The second-order valence-corrected chi connectivity index (χ2v) is 7.51. The van der Waals surface area contributed by atoms with Crippen LogP contribution in [0.2, 0.25) is 0 Å². The number of pyridine rings is 1. The van der Waals surface area contributed by atoms with Crippen molar-refractivity contribution in [2.24, 2.45) is 10.7 Å². The molecule has 1 aliphatic rings. The van der Waals surface area contributed by atoms with Gasteiger partial charge in [-0.25, -0.2) is 14.8 Å². The molecule has 0 radical (unpaired) electrons. The number of hydrogen-bond acceptors (Lipinski definition) is 5. The van der Waals surface area contributed by atoms with Crippen LogP contribution in [0.15, 0.2) is 23.2 Å². The Morgan fingerprint density at radius 1 is 1.22 bits per heavy atom. The first-order valence-corrected chi connectivity index (χ1v) is 8.82. The van der Waals surface area contributed by atoms with E-state index in [1.165, 1.54) is 0 Å². The van der Waals surface area contributed by atoms with Gasteiger partial charge in [0.15, 0.2) is 5.96 Å². The molecule has 9 heteroatoms. The van der Waals surface area contributed by atoms with E-state index in [4.69, 9.17) is 10.5 Å². The summed E-state index contributed by atoms with van der Waals surface area (Å²) in [5, 5.41) is 0. The van der Waals surface area contributed by atoms with E-state index in [-0.39, 0.29) is 30.1 Å². The topological polar surface area (TPSA) is 87.3 Å². The van der Waals surface area contributed by atoms with E-state index in [2.05, 4.69) is 9.98 Å². The van der Waals surface area contributed by atoms with Crippen LogP contribution in [0.1, 0.15) is 26.5 Å². The number of halogens is 1. The summed E-state index contributed by atoms with van der Waals surface area (Å²) in [6.07, 6.45) is -0.280. The molecule has 1 aromatic rings. The van der Waals surface area contributed by atoms with Crippen molar-refractivity contribution >= 4 is 41.8 Å². The molecule has 0 unspecified atom stereocenters. The van der Waals surface area contributed by atoms with Crippen LogP contribution in [0.3, 0.4) is 0 Å². The lowest BCUT2D eigenvalue weighted by molar-refractivity contribution is 0.0186. The fraction of sp³-hybridized carbons (Fsp3) is 0.611. The van der Waals surface area contributed by atoms with E-state index < -0.39 is 5.60 Å². The Kier molecular flexibility index (Phi) is 8.58. The zero-order chi connectivity index (χ0) is 19.3. The summed E-state index contributed by atoms with van der Waals surface area (Å²) in [7, 11) is 3.90. The molecule has 1 aliphatic heterocycles. The Morgan fingerprint density at radius 3 is 2.37 bits per heavy atom. The van der Waals surface area contributed by atoms with Crippen molar-refractivity contribution in [3.05, 3.63) is 23.9 Å². The number of carbonyl (C=O) groups is 1. The molecule has 0 aromatic carbocycles. The van der Waals surface area contributed by atoms with Crippen molar-refractivity contribution in [3.63, 3.8) is 0 Å². The van der Waals surface area contributed by atoms with Crippen molar-refractivity contribution in [2.45, 2.75) is 32.9 Å². The second kappa shape index (κ2) is 9.95. The van der Waals surface area contributed by atoms with Gasteiger partial charge in [-0.15, -0.1) is 24.0 Å². The van der Waals surface area contributed by atoms with Gasteiger partial charge in [0.05, 0.1) is 12.2 Å². The molecule has 1 fully saturated rings. The van der Waals surface area contributed by atoms with E-state index >= 15 is 0 Å². The maximum atomic E-state index is 12.1. The Morgan fingerprint density at radius 2 is 1.81 bits per heavy atom. The molecule has 0 bridgehead atoms. The van der Waals surface area contributed by atoms with E-state index in [9.17, 15) is 4.79 Å². The maximum Gasteiger partial charge on any atom is 0.410 e. The quantitative estimate of drug-likeness (QED) is 0.397. The predicted molar refractivity (Wildman–Crippen MR) is 119 cm³/mol. The van der Waals surface area contributed by atoms with E-state index in [0.29, 0.717) is 38.7 Å². The summed E-state index contributed by atoms with van der Waals surface area (Å²) in [5.41, 5.74) is 6.50. The highest BCUT2D eigenvalue weighted by Crippen LogP contribution is 2.12. The SMILES string of the molecule is CN(C)c1cccc(CN=C(N)N2CCN(C(=O)OC(C)(C)C)CC2)n1.I. The van der Waals surface area contributed by atoms with Gasteiger partial charge in [0.1, 0.15) is 11.4 Å². The number of rotatable bonds is 3. The minimum atomic E-state index is -0.483. The molecule has 152 valence electrons. The Balaban J connectivity index is 0.00000364. The molecule has 1 saturated heterocycles. The van der Waals surface area contributed by atoms with Crippen molar-refractivity contribution < 1.29 is 9.53 Å². The molecule has 1 amide bonds. The van der Waals surface area contributed by atoms with Gasteiger partial charge in [0.2, 0.25) is 0 Å². The summed E-state index contributed by atoms with van der Waals surface area (Å²) in [6, 6.07) is 5.85. The van der Waals surface area contributed by atoms with Crippen molar-refractivity contribution in [2.75, 3.05) is 45.2 Å². The average molecular weight is 490 g/mol. The highest BCUT2D eigenvalue weighted by Gasteiger charge is 2.26. The van der Waals surface area contributed by atoms with Crippen LogP contribution >= 0.6 is 24.0 Å². The van der Waals surface area contributed by atoms with Crippen LogP contribution in [0.25, 0.3) is 0 Å². The van der Waals surface area contributed by atoms with Gasteiger partial charge in [0.25, 0.3) is 0 Å². The largest absolute Gasteiger partial charge is 0.444 e. The molecule has 2 rings (SSSR count). The van der Waals surface area contributed by atoms with Crippen LogP contribution in [-0.2, 0) is 11.3 Å². The van der Waals surface area contributed by atoms with Gasteiger partial charge in [-0.1, -0.05) is 6.07 Å². The van der Waals surface area contributed by atoms with Crippen molar-refractivity contribution in [1.29, 1.82) is 0 Å². The number of piperazine rings is 1. The average Bonchev–Trinajstić information content (AvgIpc) is 2.58. The number of ether oxygens (including phenoxy) is 1. The number of aromatic nitrogens is 1. The smallest absolute Gasteiger partial charge is 0.410 e. The minimum Gasteiger partial charge on any atom is -0.444 e. The van der Waals surface area contributed by atoms with Gasteiger partial charge >= 0.3 is 6.09 Å². The predicted octanol–water partition coefficient (Wildman–Crippen LogP) is 2.13. The van der Waals surface area contributed by atoms with E-state index in [1.807, 2.05) is 62.9 Å². The Bertz CT molecular complexity index is 651. The number of anilines is 1. The number of guanidine groups is 1. The molecule has 2 N–H and O–H groups in total. The third-order valence-electron chi connectivity index (χ3n) is 3.91. The standard InChI is InChI=1S/C18H30N6O2.HI/c1-18(2,3)26-17(25)24-11-9-23(10-12-24)16(19)20-13-14-7-6-8-15(21-14)22(4)5;/h6-8H,9-13H2,1-5H3,(H2,19,20);1H. The normalized spacial score (nSPS) is 15.2.